The molecule has 0 saturated heterocycles. The molecule has 2 rings (SSSR count). The lowest BCUT2D eigenvalue weighted by Gasteiger charge is -2.13. The Morgan fingerprint density at radius 2 is 1.42 bits per heavy atom. The first kappa shape index (κ1) is 18.0. The summed E-state index contributed by atoms with van der Waals surface area (Å²) in [6, 6.07) is 12.0. The van der Waals surface area contributed by atoms with E-state index in [-0.39, 0.29) is 0 Å². The summed E-state index contributed by atoms with van der Waals surface area (Å²) < 4.78 is 21.9. The molecular weight excluding hydrogens is 304 g/mol. The number of benzene rings is 2. The van der Waals surface area contributed by atoms with E-state index in [1.54, 1.807) is 14.2 Å². The molecule has 0 fully saturated rings. The lowest BCUT2D eigenvalue weighted by Crippen LogP contribution is -1.99. The van der Waals surface area contributed by atoms with Gasteiger partial charge in [0.25, 0.3) is 0 Å². The zero-order valence-corrected chi connectivity index (χ0v) is 14.8. The molecule has 0 saturated carbocycles. The third-order valence-electron chi connectivity index (χ3n) is 3.59. The van der Waals surface area contributed by atoms with E-state index >= 15 is 0 Å². The third kappa shape index (κ3) is 4.57. The molecule has 0 bridgehead atoms. The maximum Gasteiger partial charge on any atom is 0.161 e. The van der Waals surface area contributed by atoms with Crippen LogP contribution in [0.4, 0.5) is 0 Å². The van der Waals surface area contributed by atoms with Crippen molar-refractivity contribution in [1.29, 1.82) is 0 Å². The van der Waals surface area contributed by atoms with Crippen LogP contribution in [0, 0.1) is 6.42 Å². The van der Waals surface area contributed by atoms with E-state index in [9.17, 15) is 0 Å². The first-order valence-corrected chi connectivity index (χ1v) is 8.15. The minimum atomic E-state index is 0.610. The van der Waals surface area contributed by atoms with Crippen LogP contribution < -0.4 is 18.9 Å². The Labute approximate surface area is 144 Å². The van der Waals surface area contributed by atoms with Crippen molar-refractivity contribution in [3.63, 3.8) is 0 Å². The van der Waals surface area contributed by atoms with Gasteiger partial charge in [0.2, 0.25) is 0 Å². The Morgan fingerprint density at radius 1 is 0.750 bits per heavy atom. The van der Waals surface area contributed by atoms with Gasteiger partial charge in [0.05, 0.1) is 27.4 Å². The summed E-state index contributed by atoms with van der Waals surface area (Å²) in [5, 5.41) is 0. The Kier molecular flexibility index (Phi) is 6.79. The van der Waals surface area contributed by atoms with Crippen LogP contribution in [0.2, 0.25) is 0 Å². The molecule has 0 heterocycles. The molecule has 2 aromatic carbocycles. The highest BCUT2D eigenvalue weighted by atomic mass is 16.5. The molecule has 0 unspecified atom stereocenters. The van der Waals surface area contributed by atoms with Crippen LogP contribution in [-0.2, 0) is 6.42 Å². The summed E-state index contributed by atoms with van der Waals surface area (Å²) in [5.74, 6) is 3.04. The van der Waals surface area contributed by atoms with Gasteiger partial charge in [-0.1, -0.05) is 12.1 Å². The summed E-state index contributed by atoms with van der Waals surface area (Å²) in [4.78, 5) is 0. The van der Waals surface area contributed by atoms with E-state index in [2.05, 4.69) is 6.42 Å². The average molecular weight is 329 g/mol. The second-order valence-corrected chi connectivity index (χ2v) is 5.17. The van der Waals surface area contributed by atoms with E-state index in [0.29, 0.717) is 13.2 Å². The second-order valence-electron chi connectivity index (χ2n) is 5.17. The molecule has 0 spiro atoms. The molecule has 1 radical (unpaired) electrons. The summed E-state index contributed by atoms with van der Waals surface area (Å²) in [7, 11) is 3.28. The van der Waals surface area contributed by atoms with Gasteiger partial charge in [-0.15, -0.1) is 0 Å². The highest BCUT2D eigenvalue weighted by molar-refractivity contribution is 5.47. The fraction of sp³-hybridized carbons (Fsp3) is 0.350. The number of hydrogen-bond acceptors (Lipinski definition) is 4. The van der Waals surface area contributed by atoms with Crippen LogP contribution in [-0.4, -0.2) is 27.4 Å². The molecule has 0 amide bonds. The predicted molar refractivity (Wildman–Crippen MR) is 95.4 cm³/mol. The van der Waals surface area contributed by atoms with Gasteiger partial charge in [0.1, 0.15) is 0 Å². The summed E-state index contributed by atoms with van der Waals surface area (Å²) in [6.07, 6.45) is 2.94. The van der Waals surface area contributed by atoms with Crippen LogP contribution in [0.25, 0.3) is 0 Å². The molecule has 0 aromatic heterocycles. The van der Waals surface area contributed by atoms with Crippen molar-refractivity contribution in [2.75, 3.05) is 27.4 Å². The average Bonchev–Trinajstić information content (AvgIpc) is 2.62. The smallest absolute Gasteiger partial charge is 0.161 e. The number of hydrogen-bond donors (Lipinski definition) is 0. The molecule has 0 aliphatic heterocycles. The van der Waals surface area contributed by atoms with Crippen molar-refractivity contribution in [2.24, 2.45) is 0 Å². The third-order valence-corrected chi connectivity index (χ3v) is 3.59. The van der Waals surface area contributed by atoms with Crippen LogP contribution >= 0.6 is 0 Å². The van der Waals surface area contributed by atoms with E-state index < -0.39 is 0 Å². The zero-order chi connectivity index (χ0) is 17.4. The number of methoxy groups -OCH3 is 2. The fourth-order valence-electron chi connectivity index (χ4n) is 2.44. The van der Waals surface area contributed by atoms with Gasteiger partial charge < -0.3 is 18.9 Å². The number of ether oxygens (including phenoxy) is 4. The predicted octanol–water partition coefficient (Wildman–Crippen LogP) is 4.30. The van der Waals surface area contributed by atoms with Crippen molar-refractivity contribution in [1.82, 2.24) is 0 Å². The highest BCUT2D eigenvalue weighted by Gasteiger charge is 2.08. The van der Waals surface area contributed by atoms with Crippen molar-refractivity contribution in [3.8, 4) is 23.0 Å². The molecule has 0 N–H and O–H groups in total. The Bertz CT molecular complexity index is 652. The van der Waals surface area contributed by atoms with Gasteiger partial charge in [0.15, 0.2) is 23.0 Å². The van der Waals surface area contributed by atoms with Crippen LogP contribution in [0.1, 0.15) is 25.0 Å². The number of rotatable bonds is 9. The summed E-state index contributed by atoms with van der Waals surface area (Å²) in [5.41, 5.74) is 2.25. The first-order chi connectivity index (χ1) is 11.7. The van der Waals surface area contributed by atoms with Gasteiger partial charge in [0, 0.05) is 0 Å². The normalized spacial score (nSPS) is 10.3. The quantitative estimate of drug-likeness (QED) is 0.687. The van der Waals surface area contributed by atoms with Gasteiger partial charge >= 0.3 is 0 Å². The SMILES string of the molecule is CCOc1ccc([CH]Cc2ccc(OC)c(OC)c2)cc1OCC. The molecule has 0 atom stereocenters. The van der Waals surface area contributed by atoms with Crippen molar-refractivity contribution < 1.29 is 18.9 Å². The Balaban J connectivity index is 2.09. The van der Waals surface area contributed by atoms with Crippen LogP contribution in [0.5, 0.6) is 23.0 Å². The second kappa shape index (κ2) is 9.06. The zero-order valence-electron chi connectivity index (χ0n) is 14.8. The van der Waals surface area contributed by atoms with Crippen LogP contribution in [0.3, 0.4) is 0 Å². The minimum absolute atomic E-state index is 0.610. The Morgan fingerprint density at radius 3 is 2.08 bits per heavy atom. The van der Waals surface area contributed by atoms with Crippen molar-refractivity contribution in [3.05, 3.63) is 53.9 Å². The maximum atomic E-state index is 5.67. The van der Waals surface area contributed by atoms with Gasteiger partial charge in [-0.25, -0.2) is 0 Å². The topological polar surface area (TPSA) is 36.9 Å². The standard InChI is InChI=1S/C20H25O4/c1-5-23-18-12-10-16(14-20(18)24-6-2)8-7-15-9-11-17(21-3)19(13-15)22-4/h8-14H,5-7H2,1-4H3. The van der Waals surface area contributed by atoms with E-state index in [0.717, 1.165) is 40.5 Å². The van der Waals surface area contributed by atoms with Gasteiger partial charge in [-0.2, -0.15) is 0 Å². The molecule has 4 nitrogen and oxygen atoms in total. The molecule has 2 aromatic rings. The highest BCUT2D eigenvalue weighted by Crippen LogP contribution is 2.31. The Hall–Kier alpha value is -2.36. The van der Waals surface area contributed by atoms with Crippen molar-refractivity contribution >= 4 is 0 Å². The monoisotopic (exact) mass is 329 g/mol. The van der Waals surface area contributed by atoms with Crippen molar-refractivity contribution in [2.45, 2.75) is 20.3 Å². The van der Waals surface area contributed by atoms with Crippen LogP contribution in [0.15, 0.2) is 36.4 Å². The molecular formula is C20H25O4. The molecule has 4 heteroatoms. The minimum Gasteiger partial charge on any atom is -0.493 e. The summed E-state index contributed by atoms with van der Waals surface area (Å²) in [6.45, 7) is 5.16. The lowest BCUT2D eigenvalue weighted by atomic mass is 10.0. The maximum absolute atomic E-state index is 5.67. The van der Waals surface area contributed by atoms with E-state index in [4.69, 9.17) is 18.9 Å². The largest absolute Gasteiger partial charge is 0.493 e. The molecule has 24 heavy (non-hydrogen) atoms. The molecule has 129 valence electrons. The lowest BCUT2D eigenvalue weighted by molar-refractivity contribution is 0.287. The fourth-order valence-corrected chi connectivity index (χ4v) is 2.44. The first-order valence-electron chi connectivity index (χ1n) is 8.15. The van der Waals surface area contributed by atoms with E-state index in [1.165, 1.54) is 0 Å². The molecule has 0 aliphatic carbocycles. The van der Waals surface area contributed by atoms with Gasteiger partial charge in [-0.05, 0) is 62.1 Å². The molecule has 0 aliphatic rings. The van der Waals surface area contributed by atoms with E-state index in [1.807, 2.05) is 50.2 Å². The summed E-state index contributed by atoms with van der Waals surface area (Å²) >= 11 is 0. The van der Waals surface area contributed by atoms with Gasteiger partial charge in [-0.3, -0.25) is 0 Å².